The largest absolute Gasteiger partial charge is 0.325 e. The predicted octanol–water partition coefficient (Wildman–Crippen LogP) is 4.19. The van der Waals surface area contributed by atoms with Gasteiger partial charge >= 0.3 is 0 Å². The lowest BCUT2D eigenvalue weighted by molar-refractivity contribution is 0.101. The second-order valence-electron chi connectivity index (χ2n) is 5.58. The molecule has 0 spiro atoms. The lowest BCUT2D eigenvalue weighted by atomic mass is 10.1. The van der Waals surface area contributed by atoms with Crippen molar-refractivity contribution in [1.82, 2.24) is 9.55 Å². The Morgan fingerprint density at radius 1 is 1.12 bits per heavy atom. The van der Waals surface area contributed by atoms with Crippen molar-refractivity contribution in [2.75, 3.05) is 11.1 Å². The number of halogens is 2. The van der Waals surface area contributed by atoms with Crippen molar-refractivity contribution in [2.24, 2.45) is 0 Å². The van der Waals surface area contributed by atoms with Crippen molar-refractivity contribution in [3.8, 4) is 11.3 Å². The Morgan fingerprint density at radius 2 is 1.84 bits per heavy atom. The first-order valence-corrected chi connectivity index (χ1v) is 8.66. The zero-order valence-electron chi connectivity index (χ0n) is 13.0. The van der Waals surface area contributed by atoms with Gasteiger partial charge in [0.05, 0.1) is 5.69 Å². The third-order valence-electron chi connectivity index (χ3n) is 3.93. The monoisotopic (exact) mass is 357 g/mol. The normalized spacial score (nSPS) is 12.9. The second kappa shape index (κ2) is 6.33. The van der Waals surface area contributed by atoms with E-state index in [2.05, 4.69) is 14.9 Å². The summed E-state index contributed by atoms with van der Waals surface area (Å²) in [6.07, 6.45) is 2.00. The molecular formula is C18H13F2N3OS. The maximum atomic E-state index is 13.7. The number of thioether (sulfide) groups is 1. The highest BCUT2D eigenvalue weighted by Gasteiger charge is 2.18. The summed E-state index contributed by atoms with van der Waals surface area (Å²) in [6.45, 7) is 0.954. The van der Waals surface area contributed by atoms with Crippen LogP contribution in [0.25, 0.3) is 11.3 Å². The fourth-order valence-electron chi connectivity index (χ4n) is 2.68. The molecule has 1 aliphatic heterocycles. The number of aromatic nitrogens is 2. The summed E-state index contributed by atoms with van der Waals surface area (Å²) >= 11 is 1.72. The van der Waals surface area contributed by atoms with Crippen molar-refractivity contribution >= 4 is 23.4 Å². The summed E-state index contributed by atoms with van der Waals surface area (Å²) in [7, 11) is 0. The molecule has 0 fully saturated rings. The minimum atomic E-state index is -0.890. The van der Waals surface area contributed by atoms with E-state index in [1.165, 1.54) is 6.07 Å². The highest BCUT2D eigenvalue weighted by atomic mass is 32.2. The molecule has 25 heavy (non-hydrogen) atoms. The third-order valence-corrected chi connectivity index (χ3v) is 4.90. The van der Waals surface area contributed by atoms with E-state index in [4.69, 9.17) is 0 Å². The Bertz CT molecular complexity index is 912. The number of hydrogen-bond acceptors (Lipinski definition) is 3. The van der Waals surface area contributed by atoms with Gasteiger partial charge in [-0.25, -0.2) is 13.8 Å². The lowest BCUT2D eigenvalue weighted by Crippen LogP contribution is -2.15. The predicted molar refractivity (Wildman–Crippen MR) is 92.7 cm³/mol. The van der Waals surface area contributed by atoms with Gasteiger partial charge in [0.25, 0.3) is 5.91 Å². The van der Waals surface area contributed by atoms with Crippen LogP contribution in [-0.4, -0.2) is 21.2 Å². The summed E-state index contributed by atoms with van der Waals surface area (Å²) < 4.78 is 29.4. The fraction of sp³-hybridized carbons (Fsp3) is 0.111. The van der Waals surface area contributed by atoms with Gasteiger partial charge in [0.1, 0.15) is 17.2 Å². The zero-order chi connectivity index (χ0) is 17.4. The van der Waals surface area contributed by atoms with Crippen molar-refractivity contribution in [3.05, 3.63) is 65.9 Å². The van der Waals surface area contributed by atoms with Crippen molar-refractivity contribution in [3.63, 3.8) is 0 Å². The zero-order valence-corrected chi connectivity index (χ0v) is 13.8. The van der Waals surface area contributed by atoms with Crippen LogP contribution in [0.3, 0.4) is 0 Å². The van der Waals surface area contributed by atoms with Crippen LogP contribution in [0.1, 0.15) is 10.4 Å². The van der Waals surface area contributed by atoms with E-state index in [-0.39, 0.29) is 0 Å². The van der Waals surface area contributed by atoms with Gasteiger partial charge in [-0.05, 0) is 24.3 Å². The number of fused-ring (bicyclic) bond motifs is 1. The number of imidazole rings is 1. The van der Waals surface area contributed by atoms with Crippen molar-refractivity contribution in [2.45, 2.75) is 11.7 Å². The number of aryl methyl sites for hydroxylation is 1. The van der Waals surface area contributed by atoms with Crippen LogP contribution < -0.4 is 5.32 Å². The first-order valence-electron chi connectivity index (χ1n) is 7.67. The Balaban J connectivity index is 1.53. The van der Waals surface area contributed by atoms with Gasteiger partial charge in [-0.2, -0.15) is 0 Å². The summed E-state index contributed by atoms with van der Waals surface area (Å²) in [4.78, 5) is 16.7. The standard InChI is InChI=1S/C18H13F2N3OS/c19-13-2-1-3-14(20)16(13)17(24)21-12-6-4-11(5-7-12)15-10-23-8-9-25-18(23)22-15/h1-7,10H,8-9H2,(H,21,24). The third kappa shape index (κ3) is 3.02. The Labute approximate surface area is 146 Å². The van der Waals surface area contributed by atoms with Gasteiger partial charge in [-0.1, -0.05) is 30.0 Å². The van der Waals surface area contributed by atoms with Crippen LogP contribution in [0.4, 0.5) is 14.5 Å². The minimum absolute atomic E-state index is 0.456. The number of carbonyl (C=O) groups is 1. The van der Waals surface area contributed by atoms with Crippen LogP contribution in [0.2, 0.25) is 0 Å². The average Bonchev–Trinajstić information content (AvgIpc) is 3.17. The number of amides is 1. The molecule has 1 amide bonds. The lowest BCUT2D eigenvalue weighted by Gasteiger charge is -2.07. The smallest absolute Gasteiger partial charge is 0.261 e. The molecule has 4 nitrogen and oxygen atoms in total. The maximum Gasteiger partial charge on any atom is 0.261 e. The minimum Gasteiger partial charge on any atom is -0.325 e. The number of anilines is 1. The van der Waals surface area contributed by atoms with Gasteiger partial charge < -0.3 is 9.88 Å². The fourth-order valence-corrected chi connectivity index (χ4v) is 3.62. The molecule has 2 aromatic carbocycles. The molecule has 3 aromatic rings. The number of rotatable bonds is 3. The topological polar surface area (TPSA) is 46.9 Å². The van der Waals surface area contributed by atoms with Crippen LogP contribution in [0.15, 0.2) is 53.8 Å². The number of carbonyl (C=O) groups excluding carboxylic acids is 1. The van der Waals surface area contributed by atoms with Gasteiger partial charge in [0, 0.05) is 29.7 Å². The van der Waals surface area contributed by atoms with Crippen molar-refractivity contribution < 1.29 is 13.6 Å². The van der Waals surface area contributed by atoms with E-state index in [0.717, 1.165) is 40.8 Å². The quantitative estimate of drug-likeness (QED) is 0.765. The SMILES string of the molecule is O=C(Nc1ccc(-c2cn3c(n2)SCC3)cc1)c1c(F)cccc1F. The van der Waals surface area contributed by atoms with Gasteiger partial charge in [-0.15, -0.1) is 0 Å². The number of hydrogen-bond donors (Lipinski definition) is 1. The molecule has 1 aromatic heterocycles. The molecule has 1 N–H and O–H groups in total. The molecule has 126 valence electrons. The first kappa shape index (κ1) is 15.8. The van der Waals surface area contributed by atoms with E-state index in [1.807, 2.05) is 18.3 Å². The van der Waals surface area contributed by atoms with Crippen LogP contribution >= 0.6 is 11.8 Å². The summed E-state index contributed by atoms with van der Waals surface area (Å²) in [6, 6.07) is 10.3. The first-order chi connectivity index (χ1) is 12.1. The molecular weight excluding hydrogens is 344 g/mol. The molecule has 0 bridgehead atoms. The molecule has 0 radical (unpaired) electrons. The number of nitrogens with zero attached hydrogens (tertiary/aromatic N) is 2. The molecule has 0 saturated carbocycles. The van der Waals surface area contributed by atoms with E-state index >= 15 is 0 Å². The van der Waals surface area contributed by atoms with E-state index in [9.17, 15) is 13.6 Å². The Morgan fingerprint density at radius 3 is 2.52 bits per heavy atom. The number of benzene rings is 2. The van der Waals surface area contributed by atoms with Gasteiger partial charge in [0.2, 0.25) is 0 Å². The van der Waals surface area contributed by atoms with E-state index in [1.54, 1.807) is 23.9 Å². The van der Waals surface area contributed by atoms with Crippen molar-refractivity contribution in [1.29, 1.82) is 0 Å². The van der Waals surface area contributed by atoms with E-state index < -0.39 is 23.1 Å². The Kier molecular flexibility index (Phi) is 4.01. The van der Waals surface area contributed by atoms with Crippen LogP contribution in [0, 0.1) is 11.6 Å². The van der Waals surface area contributed by atoms with Gasteiger partial charge in [-0.3, -0.25) is 4.79 Å². The molecule has 0 atom stereocenters. The molecule has 2 heterocycles. The van der Waals surface area contributed by atoms with Crippen LogP contribution in [-0.2, 0) is 6.54 Å². The Hall–Kier alpha value is -2.67. The highest BCUT2D eigenvalue weighted by Crippen LogP contribution is 2.29. The number of nitrogens with one attached hydrogen (secondary N) is 1. The molecule has 0 saturated heterocycles. The summed E-state index contributed by atoms with van der Waals surface area (Å²) in [5, 5.41) is 3.51. The molecule has 1 aliphatic rings. The molecule has 0 unspecified atom stereocenters. The molecule has 0 aliphatic carbocycles. The molecule has 4 rings (SSSR count). The summed E-state index contributed by atoms with van der Waals surface area (Å²) in [5.74, 6) is -1.56. The van der Waals surface area contributed by atoms with Gasteiger partial charge in [0.15, 0.2) is 5.16 Å². The van der Waals surface area contributed by atoms with E-state index in [0.29, 0.717) is 5.69 Å². The maximum absolute atomic E-state index is 13.7. The second-order valence-corrected chi connectivity index (χ2v) is 6.64. The average molecular weight is 357 g/mol. The molecule has 7 heteroatoms. The highest BCUT2D eigenvalue weighted by molar-refractivity contribution is 7.99. The van der Waals surface area contributed by atoms with Crippen LogP contribution in [0.5, 0.6) is 0 Å². The summed E-state index contributed by atoms with van der Waals surface area (Å²) in [5.41, 5.74) is 1.64.